The molecule has 6 rings (SSSR count). The maximum atomic E-state index is 12.6. The third-order valence-electron chi connectivity index (χ3n) is 7.61. The average Bonchev–Trinajstić information content (AvgIpc) is 3.57. The highest BCUT2D eigenvalue weighted by Crippen LogP contribution is 2.44. The van der Waals surface area contributed by atoms with E-state index in [4.69, 9.17) is 9.57 Å². The summed E-state index contributed by atoms with van der Waals surface area (Å²) in [6.45, 7) is 0.239. The Morgan fingerprint density at radius 2 is 1.34 bits per heavy atom. The van der Waals surface area contributed by atoms with Gasteiger partial charge < -0.3 is 14.9 Å². The van der Waals surface area contributed by atoms with Crippen LogP contribution in [0.15, 0.2) is 72.8 Å². The maximum Gasteiger partial charge on any atom is 0.407 e. The van der Waals surface area contributed by atoms with E-state index in [0.29, 0.717) is 24.3 Å². The molecule has 2 aliphatic carbocycles. The molecule has 1 heterocycles. The number of ether oxygens (including phenoxy) is 1. The molecule has 1 N–H and O–H groups in total. The third-order valence-corrected chi connectivity index (χ3v) is 7.61. The number of hydrogen-bond donors (Lipinski definition) is 1. The van der Waals surface area contributed by atoms with Crippen molar-refractivity contribution in [3.63, 3.8) is 0 Å². The zero-order chi connectivity index (χ0) is 26.2. The zero-order valence-corrected chi connectivity index (χ0v) is 20.6. The van der Waals surface area contributed by atoms with Crippen molar-refractivity contribution < 1.29 is 28.8 Å². The van der Waals surface area contributed by atoms with E-state index in [1.807, 2.05) is 24.3 Å². The molecule has 1 fully saturated rings. The Bertz CT molecular complexity index is 1370. The Hall–Kier alpha value is -4.46. The van der Waals surface area contributed by atoms with Crippen LogP contribution in [0.3, 0.4) is 0 Å². The molecule has 0 saturated heterocycles. The molecule has 3 aliphatic rings. The van der Waals surface area contributed by atoms with Gasteiger partial charge in [0.05, 0.1) is 17.5 Å². The Balaban J connectivity index is 0.987. The molecule has 1 aliphatic heterocycles. The number of hydrogen-bond acceptors (Lipinski definition) is 6. The molecular weight excluding hydrogens is 484 g/mol. The number of benzene rings is 3. The lowest BCUT2D eigenvalue weighted by atomic mass is 9.98. The monoisotopic (exact) mass is 510 g/mol. The molecule has 3 amide bonds. The second-order valence-corrected chi connectivity index (χ2v) is 9.96. The first-order valence-corrected chi connectivity index (χ1v) is 12.8. The minimum Gasteiger partial charge on any atom is -0.449 e. The standard InChI is InChI=1S/C30H26N2O6/c33-27(38-32-28(34)24-11-5-6-12-25(24)29(32)35)16-18-13-14-19(15-18)31-30(36)37-17-26-22-9-3-1-7-20(22)21-8-2-4-10-23(21)26/h1-12,18-19,26H,13-17H2,(H,31,36)/t18-,19+/m1/s1. The summed E-state index contributed by atoms with van der Waals surface area (Å²) in [6, 6.07) is 22.6. The summed E-state index contributed by atoms with van der Waals surface area (Å²) >= 11 is 0. The van der Waals surface area contributed by atoms with E-state index >= 15 is 0 Å². The molecular formula is C30H26N2O6. The van der Waals surface area contributed by atoms with Gasteiger partial charge in [0.1, 0.15) is 6.61 Å². The van der Waals surface area contributed by atoms with Gasteiger partial charge in [-0.15, -0.1) is 0 Å². The van der Waals surface area contributed by atoms with Gasteiger partial charge in [0, 0.05) is 12.0 Å². The molecule has 8 nitrogen and oxygen atoms in total. The second-order valence-electron chi connectivity index (χ2n) is 9.96. The van der Waals surface area contributed by atoms with Crippen LogP contribution >= 0.6 is 0 Å². The van der Waals surface area contributed by atoms with Gasteiger partial charge in [-0.1, -0.05) is 65.7 Å². The Morgan fingerprint density at radius 3 is 1.95 bits per heavy atom. The van der Waals surface area contributed by atoms with Crippen molar-refractivity contribution >= 4 is 23.9 Å². The SMILES string of the molecule is O=C(C[C@@H]1CC[C@H](NC(=O)OCC2c3ccccc3-c3ccccc32)C1)ON1C(=O)c2ccccc2C1=O. The van der Waals surface area contributed by atoms with Crippen molar-refractivity contribution in [2.24, 2.45) is 5.92 Å². The van der Waals surface area contributed by atoms with Gasteiger partial charge in [-0.05, 0) is 59.6 Å². The summed E-state index contributed by atoms with van der Waals surface area (Å²) in [7, 11) is 0. The van der Waals surface area contributed by atoms with Crippen LogP contribution in [0.1, 0.15) is 63.4 Å². The van der Waals surface area contributed by atoms with Gasteiger partial charge in [-0.25, -0.2) is 9.59 Å². The highest BCUT2D eigenvalue weighted by Gasteiger charge is 2.39. The van der Waals surface area contributed by atoms with Gasteiger partial charge in [0.15, 0.2) is 0 Å². The van der Waals surface area contributed by atoms with Gasteiger partial charge >= 0.3 is 12.1 Å². The highest BCUT2D eigenvalue weighted by molar-refractivity contribution is 6.20. The lowest BCUT2D eigenvalue weighted by Crippen LogP contribution is -2.35. The molecule has 192 valence electrons. The van der Waals surface area contributed by atoms with Crippen LogP contribution in [-0.2, 0) is 14.4 Å². The van der Waals surface area contributed by atoms with Gasteiger partial charge in [-0.2, -0.15) is 0 Å². The largest absolute Gasteiger partial charge is 0.449 e. The van der Waals surface area contributed by atoms with E-state index in [0.717, 1.165) is 11.1 Å². The van der Waals surface area contributed by atoms with Crippen molar-refractivity contribution in [1.82, 2.24) is 10.4 Å². The Labute approximate surface area is 219 Å². The fourth-order valence-electron chi connectivity index (χ4n) is 5.82. The van der Waals surface area contributed by atoms with E-state index < -0.39 is 23.9 Å². The van der Waals surface area contributed by atoms with Crippen molar-refractivity contribution in [2.75, 3.05) is 6.61 Å². The quantitative estimate of drug-likeness (QED) is 0.476. The summed E-state index contributed by atoms with van der Waals surface area (Å²) in [5.41, 5.74) is 5.09. The highest BCUT2D eigenvalue weighted by atomic mass is 16.7. The molecule has 0 radical (unpaired) electrons. The van der Waals surface area contributed by atoms with E-state index in [-0.39, 0.29) is 42.0 Å². The van der Waals surface area contributed by atoms with Gasteiger partial charge in [0.25, 0.3) is 11.8 Å². The number of carbonyl (C=O) groups is 4. The molecule has 3 aromatic carbocycles. The van der Waals surface area contributed by atoms with Crippen LogP contribution in [0.5, 0.6) is 0 Å². The van der Waals surface area contributed by atoms with E-state index in [1.165, 1.54) is 23.3 Å². The number of fused-ring (bicyclic) bond motifs is 4. The number of nitrogens with zero attached hydrogens (tertiary/aromatic N) is 1. The van der Waals surface area contributed by atoms with Crippen LogP contribution in [-0.4, -0.2) is 41.6 Å². The smallest absolute Gasteiger partial charge is 0.407 e. The normalized spacial score (nSPS) is 19.6. The Kier molecular flexibility index (Phi) is 6.15. The molecule has 0 spiro atoms. The average molecular weight is 511 g/mol. The van der Waals surface area contributed by atoms with Crippen LogP contribution < -0.4 is 5.32 Å². The number of amides is 3. The van der Waals surface area contributed by atoms with Gasteiger partial charge in [0.2, 0.25) is 0 Å². The molecule has 2 atom stereocenters. The first-order valence-electron chi connectivity index (χ1n) is 12.8. The molecule has 0 unspecified atom stereocenters. The number of rotatable bonds is 6. The molecule has 38 heavy (non-hydrogen) atoms. The van der Waals surface area contributed by atoms with Crippen molar-refractivity contribution in [3.05, 3.63) is 95.1 Å². The van der Waals surface area contributed by atoms with E-state index in [9.17, 15) is 19.2 Å². The van der Waals surface area contributed by atoms with Crippen molar-refractivity contribution in [1.29, 1.82) is 0 Å². The van der Waals surface area contributed by atoms with E-state index in [2.05, 4.69) is 29.6 Å². The van der Waals surface area contributed by atoms with Gasteiger partial charge in [-0.3, -0.25) is 9.59 Å². The number of alkyl carbamates (subject to hydrolysis) is 1. The number of hydroxylamine groups is 2. The lowest BCUT2D eigenvalue weighted by molar-refractivity contribution is -0.169. The van der Waals surface area contributed by atoms with E-state index in [1.54, 1.807) is 12.1 Å². The summed E-state index contributed by atoms with van der Waals surface area (Å²) in [5, 5.41) is 3.46. The summed E-state index contributed by atoms with van der Waals surface area (Å²) in [4.78, 5) is 55.1. The minimum absolute atomic E-state index is 0.0126. The van der Waals surface area contributed by atoms with Crippen LogP contribution in [0.2, 0.25) is 0 Å². The van der Waals surface area contributed by atoms with Crippen LogP contribution in [0.25, 0.3) is 11.1 Å². The molecule has 8 heteroatoms. The number of nitrogens with one attached hydrogen (secondary N) is 1. The first-order chi connectivity index (χ1) is 18.5. The predicted molar refractivity (Wildman–Crippen MR) is 137 cm³/mol. The second kappa shape index (κ2) is 9.78. The van der Waals surface area contributed by atoms with Crippen molar-refractivity contribution in [3.8, 4) is 11.1 Å². The number of imide groups is 1. The molecule has 0 bridgehead atoms. The molecule has 3 aromatic rings. The third kappa shape index (κ3) is 4.32. The summed E-state index contributed by atoms with van der Waals surface area (Å²) in [6.07, 6.45) is 1.57. The number of carbonyl (C=O) groups excluding carboxylic acids is 4. The Morgan fingerprint density at radius 1 is 0.789 bits per heavy atom. The molecule has 1 saturated carbocycles. The topological polar surface area (TPSA) is 102 Å². The van der Waals surface area contributed by atoms with Crippen molar-refractivity contribution in [2.45, 2.75) is 37.6 Å². The summed E-state index contributed by atoms with van der Waals surface area (Å²) < 4.78 is 5.64. The maximum absolute atomic E-state index is 12.6. The summed E-state index contributed by atoms with van der Waals surface area (Å²) in [5.74, 6) is -1.97. The lowest BCUT2D eigenvalue weighted by Gasteiger charge is -2.17. The first kappa shape index (κ1) is 23.9. The molecule has 0 aromatic heterocycles. The van der Waals surface area contributed by atoms with Crippen LogP contribution in [0, 0.1) is 5.92 Å². The minimum atomic E-state index is -0.647. The fourth-order valence-corrected chi connectivity index (χ4v) is 5.82. The fraction of sp³-hybridized carbons (Fsp3) is 0.267. The van der Waals surface area contributed by atoms with Crippen LogP contribution in [0.4, 0.5) is 4.79 Å². The predicted octanol–water partition coefficient (Wildman–Crippen LogP) is 4.84. The zero-order valence-electron chi connectivity index (χ0n) is 20.6.